The van der Waals surface area contributed by atoms with Crippen LogP contribution in [-0.4, -0.2) is 46.5 Å². The Morgan fingerprint density at radius 1 is 0.694 bits per heavy atom. The van der Waals surface area contributed by atoms with E-state index in [4.69, 9.17) is 0 Å². The molecule has 1 aromatic heterocycles. The summed E-state index contributed by atoms with van der Waals surface area (Å²) in [6, 6.07) is 16.3. The van der Waals surface area contributed by atoms with Crippen LogP contribution in [-0.2, 0) is 0 Å². The zero-order valence-electron chi connectivity index (χ0n) is 19.0. The molecule has 1 fully saturated rings. The summed E-state index contributed by atoms with van der Waals surface area (Å²) in [7, 11) is 0. The third-order valence-corrected chi connectivity index (χ3v) is 5.53. The number of benzene rings is 2. The summed E-state index contributed by atoms with van der Waals surface area (Å²) in [6.45, 7) is 1.00. The SMILES string of the molecule is FC(F)(F)C(Oc1nc(N2CCCCCC2)nc(N(c2ccccc2)c2ccccc2)n1)C(F)(F)F. The molecule has 2 aromatic carbocycles. The number of ether oxygens (including phenoxy) is 1. The third kappa shape index (κ3) is 6.16. The van der Waals surface area contributed by atoms with E-state index in [2.05, 4.69) is 19.7 Å². The first kappa shape index (κ1) is 25.5. The van der Waals surface area contributed by atoms with Gasteiger partial charge in [-0.2, -0.15) is 41.3 Å². The van der Waals surface area contributed by atoms with Crippen molar-refractivity contribution in [3.05, 3.63) is 60.7 Å². The monoisotopic (exact) mass is 511 g/mol. The Balaban J connectivity index is 1.85. The first-order valence-electron chi connectivity index (χ1n) is 11.3. The highest BCUT2D eigenvalue weighted by Gasteiger charge is 2.59. The van der Waals surface area contributed by atoms with Crippen molar-refractivity contribution in [1.29, 1.82) is 0 Å². The molecule has 36 heavy (non-hydrogen) atoms. The average Bonchev–Trinajstić information content (AvgIpc) is 3.12. The van der Waals surface area contributed by atoms with E-state index in [-0.39, 0.29) is 11.9 Å². The van der Waals surface area contributed by atoms with Crippen LogP contribution in [0.5, 0.6) is 6.01 Å². The molecule has 1 aliphatic rings. The van der Waals surface area contributed by atoms with Crippen LogP contribution < -0.4 is 14.5 Å². The molecule has 0 radical (unpaired) electrons. The second-order valence-corrected chi connectivity index (χ2v) is 8.21. The molecule has 2 heterocycles. The fourth-order valence-electron chi connectivity index (χ4n) is 3.86. The van der Waals surface area contributed by atoms with Crippen LogP contribution in [0.15, 0.2) is 60.7 Å². The Hall–Kier alpha value is -3.57. The van der Waals surface area contributed by atoms with Gasteiger partial charge in [0.1, 0.15) is 0 Å². The molecule has 4 rings (SSSR count). The van der Waals surface area contributed by atoms with E-state index >= 15 is 0 Å². The van der Waals surface area contributed by atoms with Gasteiger partial charge in [-0.1, -0.05) is 49.2 Å². The molecular formula is C24H23F6N5O. The molecule has 1 saturated heterocycles. The molecule has 6 nitrogen and oxygen atoms in total. The third-order valence-electron chi connectivity index (χ3n) is 5.53. The lowest BCUT2D eigenvalue weighted by Crippen LogP contribution is -2.47. The van der Waals surface area contributed by atoms with Gasteiger partial charge in [0, 0.05) is 24.5 Å². The standard InChI is InChI=1S/C24H23F6N5O/c25-23(26,27)19(24(28,29)30)36-22-32-20(34-15-9-1-2-10-16-34)31-21(33-22)35(17-11-5-3-6-12-17)18-13-7-4-8-14-18/h3-8,11-14,19H,1-2,9-10,15-16H2. The molecule has 1 aliphatic heterocycles. The first-order chi connectivity index (χ1) is 17.1. The van der Waals surface area contributed by atoms with Crippen LogP contribution in [0.4, 0.5) is 49.6 Å². The Labute approximate surface area is 203 Å². The smallest absolute Gasteiger partial charge is 0.434 e. The van der Waals surface area contributed by atoms with Crippen LogP contribution in [0.25, 0.3) is 0 Å². The topological polar surface area (TPSA) is 54.4 Å². The van der Waals surface area contributed by atoms with Crippen molar-refractivity contribution >= 4 is 23.3 Å². The second kappa shape index (κ2) is 10.6. The van der Waals surface area contributed by atoms with Crippen molar-refractivity contribution in [2.75, 3.05) is 22.9 Å². The van der Waals surface area contributed by atoms with Gasteiger partial charge in [-0.3, -0.25) is 4.90 Å². The van der Waals surface area contributed by atoms with Crippen molar-refractivity contribution in [2.24, 2.45) is 0 Å². The lowest BCUT2D eigenvalue weighted by molar-refractivity contribution is -0.301. The number of para-hydroxylation sites is 2. The maximum absolute atomic E-state index is 13.3. The van der Waals surface area contributed by atoms with Gasteiger partial charge in [-0.05, 0) is 37.1 Å². The molecule has 0 unspecified atom stereocenters. The van der Waals surface area contributed by atoms with E-state index in [1.54, 1.807) is 65.6 Å². The summed E-state index contributed by atoms with van der Waals surface area (Å²) in [5, 5.41) is 0. The lowest BCUT2D eigenvalue weighted by atomic mass is 10.2. The Kier molecular flexibility index (Phi) is 7.51. The summed E-state index contributed by atoms with van der Waals surface area (Å²) in [5.74, 6) is -0.211. The largest absolute Gasteiger partial charge is 0.440 e. The number of anilines is 4. The highest BCUT2D eigenvalue weighted by molar-refractivity contribution is 5.72. The quantitative estimate of drug-likeness (QED) is 0.348. The van der Waals surface area contributed by atoms with Crippen LogP contribution in [0.3, 0.4) is 0 Å². The minimum absolute atomic E-state index is 0.0446. The summed E-state index contributed by atoms with van der Waals surface area (Å²) >= 11 is 0. The van der Waals surface area contributed by atoms with Crippen molar-refractivity contribution in [1.82, 2.24) is 15.0 Å². The average molecular weight is 511 g/mol. The van der Waals surface area contributed by atoms with E-state index in [1.807, 2.05) is 0 Å². The number of nitrogens with zero attached hydrogens (tertiary/aromatic N) is 5. The fourth-order valence-corrected chi connectivity index (χ4v) is 3.86. The van der Waals surface area contributed by atoms with Crippen LogP contribution in [0.2, 0.25) is 0 Å². The van der Waals surface area contributed by atoms with Crippen LogP contribution >= 0.6 is 0 Å². The zero-order valence-corrected chi connectivity index (χ0v) is 19.0. The van der Waals surface area contributed by atoms with Gasteiger partial charge in [0.05, 0.1) is 0 Å². The van der Waals surface area contributed by atoms with E-state index < -0.39 is 24.5 Å². The van der Waals surface area contributed by atoms with E-state index in [0.717, 1.165) is 25.7 Å². The van der Waals surface area contributed by atoms with Gasteiger partial charge in [-0.15, -0.1) is 0 Å². The molecule has 0 aliphatic carbocycles. The van der Waals surface area contributed by atoms with Gasteiger partial charge in [-0.25, -0.2) is 0 Å². The normalized spacial score (nSPS) is 15.0. The molecule has 192 valence electrons. The van der Waals surface area contributed by atoms with Crippen LogP contribution in [0, 0.1) is 0 Å². The number of aromatic nitrogens is 3. The highest BCUT2D eigenvalue weighted by atomic mass is 19.4. The van der Waals surface area contributed by atoms with Gasteiger partial charge in [0.15, 0.2) is 0 Å². The van der Waals surface area contributed by atoms with Crippen molar-refractivity contribution in [3.63, 3.8) is 0 Å². The zero-order chi connectivity index (χ0) is 25.8. The number of halogens is 6. The summed E-state index contributed by atoms with van der Waals surface area (Å²) in [4.78, 5) is 15.5. The van der Waals surface area contributed by atoms with Crippen molar-refractivity contribution in [3.8, 4) is 6.01 Å². The summed E-state index contributed by atoms with van der Waals surface area (Å²) < 4.78 is 84.0. The molecule has 0 spiro atoms. The van der Waals surface area contributed by atoms with Gasteiger partial charge < -0.3 is 9.64 Å². The number of hydrogen-bond acceptors (Lipinski definition) is 6. The molecule has 0 atom stereocenters. The fraction of sp³-hybridized carbons (Fsp3) is 0.375. The molecule has 12 heteroatoms. The maximum Gasteiger partial charge on any atom is 0.434 e. The van der Waals surface area contributed by atoms with E-state index in [1.165, 1.54) is 4.90 Å². The Morgan fingerprint density at radius 2 is 1.19 bits per heavy atom. The molecule has 0 bridgehead atoms. The number of rotatable bonds is 6. The Morgan fingerprint density at radius 3 is 1.67 bits per heavy atom. The van der Waals surface area contributed by atoms with E-state index in [0.29, 0.717) is 24.5 Å². The molecule has 3 aromatic rings. The van der Waals surface area contributed by atoms with Crippen molar-refractivity contribution in [2.45, 2.75) is 44.1 Å². The lowest BCUT2D eigenvalue weighted by Gasteiger charge is -2.27. The molecule has 0 saturated carbocycles. The van der Waals surface area contributed by atoms with Crippen LogP contribution in [0.1, 0.15) is 25.7 Å². The number of hydrogen-bond donors (Lipinski definition) is 0. The number of alkyl halides is 6. The van der Waals surface area contributed by atoms with E-state index in [9.17, 15) is 26.3 Å². The minimum atomic E-state index is -5.72. The summed E-state index contributed by atoms with van der Waals surface area (Å²) in [6.07, 6.45) is -12.1. The predicted molar refractivity (Wildman–Crippen MR) is 122 cm³/mol. The molecular weight excluding hydrogens is 488 g/mol. The van der Waals surface area contributed by atoms with Gasteiger partial charge >= 0.3 is 18.4 Å². The minimum Gasteiger partial charge on any atom is -0.440 e. The van der Waals surface area contributed by atoms with Gasteiger partial charge in [0.25, 0.3) is 6.10 Å². The molecule has 0 N–H and O–H groups in total. The Bertz CT molecular complexity index is 1070. The van der Waals surface area contributed by atoms with Gasteiger partial charge in [0.2, 0.25) is 11.9 Å². The summed E-state index contributed by atoms with van der Waals surface area (Å²) in [5.41, 5.74) is 1.09. The first-order valence-corrected chi connectivity index (χ1v) is 11.3. The predicted octanol–water partition coefficient (Wildman–Crippen LogP) is 6.59. The maximum atomic E-state index is 13.3. The van der Waals surface area contributed by atoms with Crippen molar-refractivity contribution < 1.29 is 31.1 Å². The highest BCUT2D eigenvalue weighted by Crippen LogP contribution is 2.38. The second-order valence-electron chi connectivity index (χ2n) is 8.21. The molecule has 0 amide bonds.